The average molecular weight is 514 g/mol. The second-order valence-corrected chi connectivity index (χ2v) is 12.5. The first kappa shape index (κ1) is 26.7. The minimum Gasteiger partial charge on any atom is -0.490 e. The fraction of sp³-hybridized carbons (Fsp3) is 0.500. The lowest BCUT2D eigenvalue weighted by Crippen LogP contribution is -2.31. The van der Waals surface area contributed by atoms with E-state index in [0.717, 1.165) is 56.1 Å². The van der Waals surface area contributed by atoms with Crippen molar-refractivity contribution in [2.45, 2.75) is 79.1 Å². The third-order valence-corrected chi connectivity index (χ3v) is 8.73. The third-order valence-electron chi connectivity index (χ3n) is 8.73. The molecule has 0 aromatic heterocycles. The van der Waals surface area contributed by atoms with Gasteiger partial charge in [-0.05, 0) is 84.9 Å². The number of carbonyl (C=O) groups excluding carboxylic acids is 1. The maximum atomic E-state index is 12.8. The molecule has 1 saturated heterocycles. The predicted molar refractivity (Wildman–Crippen MR) is 154 cm³/mol. The SMILES string of the molecule is Cc1cc(OC2CCC(C(C)(C)C)CC2)c(CN2CC[C@H](C(=O)OCc3ccccc3)C2)c2ccccc12. The van der Waals surface area contributed by atoms with Crippen molar-refractivity contribution < 1.29 is 14.3 Å². The average Bonchev–Trinajstić information content (AvgIpc) is 3.39. The van der Waals surface area contributed by atoms with Gasteiger partial charge >= 0.3 is 5.97 Å². The molecular weight excluding hydrogens is 470 g/mol. The molecule has 1 atom stereocenters. The lowest BCUT2D eigenvalue weighted by atomic mass is 9.72. The number of nitrogens with zero attached hydrogens (tertiary/aromatic N) is 1. The van der Waals surface area contributed by atoms with Crippen molar-refractivity contribution in [2.24, 2.45) is 17.3 Å². The normalized spacial score (nSPS) is 22.5. The van der Waals surface area contributed by atoms with E-state index < -0.39 is 0 Å². The molecule has 0 bridgehead atoms. The van der Waals surface area contributed by atoms with Gasteiger partial charge in [-0.1, -0.05) is 75.4 Å². The zero-order chi connectivity index (χ0) is 26.7. The summed E-state index contributed by atoms with van der Waals surface area (Å²) in [5.41, 5.74) is 3.90. The van der Waals surface area contributed by atoms with E-state index in [-0.39, 0.29) is 18.0 Å². The Morgan fingerprint density at radius 1 is 0.921 bits per heavy atom. The molecule has 4 nitrogen and oxygen atoms in total. The first-order chi connectivity index (χ1) is 18.3. The summed E-state index contributed by atoms with van der Waals surface area (Å²) in [7, 11) is 0. The smallest absolute Gasteiger partial charge is 0.310 e. The molecule has 0 amide bonds. The molecular formula is C34H43NO3. The number of ether oxygens (including phenoxy) is 2. The molecule has 3 aromatic rings. The van der Waals surface area contributed by atoms with Crippen LogP contribution in [0.3, 0.4) is 0 Å². The minimum absolute atomic E-state index is 0.0764. The standard InChI is InChI=1S/C34H43NO3/c1-24-20-32(38-28-16-14-27(15-17-28)34(2,3)4)31(30-13-9-8-12-29(24)30)22-35-19-18-26(21-35)33(36)37-23-25-10-6-5-7-11-25/h5-13,20,26-28H,14-19,21-23H2,1-4H3/t26-,27?,28?/m0/s1. The Morgan fingerprint density at radius 2 is 1.61 bits per heavy atom. The number of benzene rings is 3. The van der Waals surface area contributed by atoms with Crippen LogP contribution >= 0.6 is 0 Å². The van der Waals surface area contributed by atoms with Crippen LogP contribution < -0.4 is 4.74 Å². The van der Waals surface area contributed by atoms with Crippen LogP contribution in [-0.2, 0) is 22.7 Å². The molecule has 38 heavy (non-hydrogen) atoms. The molecule has 0 unspecified atom stereocenters. The fourth-order valence-corrected chi connectivity index (χ4v) is 6.32. The summed E-state index contributed by atoms with van der Waals surface area (Å²) in [6.07, 6.45) is 5.81. The summed E-state index contributed by atoms with van der Waals surface area (Å²) in [5.74, 6) is 1.63. The summed E-state index contributed by atoms with van der Waals surface area (Å²) in [6, 6.07) is 20.8. The maximum absolute atomic E-state index is 12.8. The summed E-state index contributed by atoms with van der Waals surface area (Å²) >= 11 is 0. The van der Waals surface area contributed by atoms with Crippen molar-refractivity contribution in [3.63, 3.8) is 0 Å². The van der Waals surface area contributed by atoms with Gasteiger partial charge in [0.1, 0.15) is 12.4 Å². The van der Waals surface area contributed by atoms with Gasteiger partial charge in [-0.25, -0.2) is 0 Å². The number of rotatable bonds is 7. The number of fused-ring (bicyclic) bond motifs is 1. The van der Waals surface area contributed by atoms with Gasteiger partial charge in [0.25, 0.3) is 0 Å². The third kappa shape index (κ3) is 6.23. The van der Waals surface area contributed by atoms with Gasteiger partial charge < -0.3 is 9.47 Å². The molecule has 0 spiro atoms. The number of hydrogen-bond acceptors (Lipinski definition) is 4. The molecule has 0 N–H and O–H groups in total. The van der Waals surface area contributed by atoms with E-state index in [1.165, 1.54) is 34.7 Å². The molecule has 5 rings (SSSR count). The number of likely N-dealkylation sites (tertiary alicyclic amines) is 1. The van der Waals surface area contributed by atoms with Gasteiger partial charge in [0.15, 0.2) is 0 Å². The van der Waals surface area contributed by atoms with E-state index in [9.17, 15) is 4.79 Å². The first-order valence-electron chi connectivity index (χ1n) is 14.4. The number of carbonyl (C=O) groups is 1. The summed E-state index contributed by atoms with van der Waals surface area (Å²) in [5, 5.41) is 2.55. The Hall–Kier alpha value is -2.85. The molecule has 202 valence electrons. The summed E-state index contributed by atoms with van der Waals surface area (Å²) in [4.78, 5) is 15.2. The predicted octanol–water partition coefficient (Wildman–Crippen LogP) is 7.70. The summed E-state index contributed by atoms with van der Waals surface area (Å²) < 4.78 is 12.5. The Balaban J connectivity index is 1.28. The molecule has 3 aromatic carbocycles. The Labute approximate surface area is 228 Å². The first-order valence-corrected chi connectivity index (χ1v) is 14.4. The maximum Gasteiger partial charge on any atom is 0.310 e. The topological polar surface area (TPSA) is 38.8 Å². The largest absolute Gasteiger partial charge is 0.490 e. The van der Waals surface area contributed by atoms with E-state index in [4.69, 9.17) is 9.47 Å². The van der Waals surface area contributed by atoms with Crippen molar-refractivity contribution in [3.05, 3.63) is 77.4 Å². The van der Waals surface area contributed by atoms with Crippen LogP contribution in [0.2, 0.25) is 0 Å². The molecule has 1 saturated carbocycles. The van der Waals surface area contributed by atoms with Crippen LogP contribution in [0, 0.1) is 24.2 Å². The number of aryl methyl sites for hydroxylation is 1. The molecule has 1 aliphatic carbocycles. The van der Waals surface area contributed by atoms with Crippen molar-refractivity contribution in [2.75, 3.05) is 13.1 Å². The van der Waals surface area contributed by atoms with Crippen LogP contribution in [0.1, 0.15) is 69.6 Å². The van der Waals surface area contributed by atoms with Gasteiger partial charge in [-0.2, -0.15) is 0 Å². The highest BCUT2D eigenvalue weighted by Gasteiger charge is 2.32. The Morgan fingerprint density at radius 3 is 2.32 bits per heavy atom. The molecule has 0 radical (unpaired) electrons. The highest BCUT2D eigenvalue weighted by atomic mass is 16.5. The molecule has 4 heteroatoms. The highest BCUT2D eigenvalue weighted by molar-refractivity contribution is 5.90. The zero-order valence-electron chi connectivity index (χ0n) is 23.5. The fourth-order valence-electron chi connectivity index (χ4n) is 6.32. The Kier molecular flexibility index (Phi) is 8.09. The van der Waals surface area contributed by atoms with Crippen molar-refractivity contribution in [1.82, 2.24) is 4.90 Å². The minimum atomic E-state index is -0.0859. The van der Waals surface area contributed by atoms with Crippen LogP contribution in [-0.4, -0.2) is 30.1 Å². The van der Waals surface area contributed by atoms with E-state index >= 15 is 0 Å². The number of hydrogen-bond donors (Lipinski definition) is 0. The van der Waals surface area contributed by atoms with E-state index in [1.807, 2.05) is 30.3 Å². The van der Waals surface area contributed by atoms with Crippen LogP contribution in [0.15, 0.2) is 60.7 Å². The molecule has 1 heterocycles. The second-order valence-electron chi connectivity index (χ2n) is 12.5. The van der Waals surface area contributed by atoms with Crippen LogP contribution in [0.4, 0.5) is 0 Å². The van der Waals surface area contributed by atoms with Gasteiger partial charge in [0.05, 0.1) is 12.0 Å². The van der Waals surface area contributed by atoms with E-state index in [2.05, 4.69) is 62.9 Å². The van der Waals surface area contributed by atoms with E-state index in [0.29, 0.717) is 12.0 Å². The van der Waals surface area contributed by atoms with Gasteiger partial charge in [0.2, 0.25) is 0 Å². The Bertz CT molecular complexity index is 1240. The van der Waals surface area contributed by atoms with Crippen molar-refractivity contribution in [1.29, 1.82) is 0 Å². The van der Waals surface area contributed by atoms with Crippen LogP contribution in [0.25, 0.3) is 10.8 Å². The van der Waals surface area contributed by atoms with Gasteiger partial charge in [-0.3, -0.25) is 9.69 Å². The van der Waals surface area contributed by atoms with E-state index in [1.54, 1.807) is 0 Å². The second kappa shape index (κ2) is 11.5. The van der Waals surface area contributed by atoms with Gasteiger partial charge in [-0.15, -0.1) is 0 Å². The molecule has 1 aliphatic heterocycles. The molecule has 2 aliphatic rings. The lowest BCUT2D eigenvalue weighted by molar-refractivity contribution is -0.149. The quantitative estimate of drug-likeness (QED) is 0.304. The molecule has 2 fully saturated rings. The highest BCUT2D eigenvalue weighted by Crippen LogP contribution is 2.40. The summed E-state index contributed by atoms with van der Waals surface area (Å²) in [6.45, 7) is 12.0. The monoisotopic (exact) mass is 513 g/mol. The van der Waals surface area contributed by atoms with Crippen molar-refractivity contribution >= 4 is 16.7 Å². The lowest BCUT2D eigenvalue weighted by Gasteiger charge is -2.37. The van der Waals surface area contributed by atoms with Crippen LogP contribution in [0.5, 0.6) is 5.75 Å². The van der Waals surface area contributed by atoms with Gasteiger partial charge in [0, 0.05) is 18.7 Å². The number of esters is 1. The zero-order valence-corrected chi connectivity index (χ0v) is 23.5. The van der Waals surface area contributed by atoms with Crippen molar-refractivity contribution in [3.8, 4) is 5.75 Å².